The fourth-order valence-corrected chi connectivity index (χ4v) is 6.64. The molecule has 5 heteroatoms. The minimum absolute atomic E-state index is 0.0712. The lowest BCUT2D eigenvalue weighted by Crippen LogP contribution is -2.25. The zero-order chi connectivity index (χ0) is 23.7. The lowest BCUT2D eigenvalue weighted by molar-refractivity contribution is 0.0303. The minimum Gasteiger partial charge on any atom is -0.374 e. The number of hydrogen-bond acceptors (Lipinski definition) is 2. The van der Waals surface area contributed by atoms with Gasteiger partial charge in [-0.1, -0.05) is 25.5 Å². The van der Waals surface area contributed by atoms with E-state index in [0.717, 1.165) is 70.1 Å². The van der Waals surface area contributed by atoms with Crippen LogP contribution in [0.15, 0.2) is 24.0 Å². The third kappa shape index (κ3) is 5.41. The number of ether oxygens (including phenoxy) is 2. The monoisotopic (exact) mass is 476 g/mol. The van der Waals surface area contributed by atoms with Crippen LogP contribution in [0.4, 0.5) is 13.2 Å². The van der Waals surface area contributed by atoms with Gasteiger partial charge in [-0.3, -0.25) is 0 Å². The van der Waals surface area contributed by atoms with Gasteiger partial charge in [-0.15, -0.1) is 0 Å². The van der Waals surface area contributed by atoms with Crippen LogP contribution in [0.25, 0.3) is 0 Å². The lowest BCUT2D eigenvalue weighted by Gasteiger charge is -2.31. The zero-order valence-corrected chi connectivity index (χ0v) is 20.4. The Morgan fingerprint density at radius 3 is 1.85 bits per heavy atom. The van der Waals surface area contributed by atoms with Crippen molar-refractivity contribution in [2.24, 2.45) is 17.8 Å². The molecule has 188 valence electrons. The van der Waals surface area contributed by atoms with Gasteiger partial charge in [0.1, 0.15) is 5.83 Å². The molecule has 2 nitrogen and oxygen atoms in total. The summed E-state index contributed by atoms with van der Waals surface area (Å²) in [4.78, 5) is 0. The number of halogens is 3. The van der Waals surface area contributed by atoms with Crippen LogP contribution >= 0.6 is 0 Å². The van der Waals surface area contributed by atoms with Crippen LogP contribution in [0.1, 0.15) is 101 Å². The molecule has 1 aromatic rings. The van der Waals surface area contributed by atoms with E-state index in [1.54, 1.807) is 6.08 Å². The van der Waals surface area contributed by atoms with E-state index in [2.05, 4.69) is 6.92 Å². The highest BCUT2D eigenvalue weighted by atomic mass is 19.2. The maximum absolute atomic E-state index is 15.1. The molecule has 1 heterocycles. The molecule has 3 aliphatic carbocycles. The molecule has 0 aromatic heterocycles. The standard InChI is InChI=1S/C29H39F3O2/c1-2-18-3-7-20(8-4-18)23-13-14-24(29(32)28(23)31)21-9-5-19(6-10-21)16-33-22-11-12-25(26(30)15-22)27-17-34-27/h13-15,18-22,25,27H,2-12,16-17H2,1H3/t18?,19?,20?,21?,22?,25-,27?/m0/s1. The molecule has 2 unspecified atom stereocenters. The molecule has 1 aromatic carbocycles. The van der Waals surface area contributed by atoms with Crippen LogP contribution in [0, 0.1) is 29.4 Å². The molecular weight excluding hydrogens is 437 g/mol. The molecule has 4 aliphatic rings. The molecule has 34 heavy (non-hydrogen) atoms. The Balaban J connectivity index is 1.12. The average Bonchev–Trinajstić information content (AvgIpc) is 3.70. The van der Waals surface area contributed by atoms with E-state index >= 15 is 8.78 Å². The van der Waals surface area contributed by atoms with E-state index in [-0.39, 0.29) is 35.8 Å². The average molecular weight is 477 g/mol. The SMILES string of the molecule is CCC1CCC(c2ccc(C3CCC(COC4C=C(F)[C@@H](C5CO5)CC4)CC3)c(F)c2F)CC1. The first-order valence-electron chi connectivity index (χ1n) is 13.6. The number of benzene rings is 1. The van der Waals surface area contributed by atoms with Gasteiger partial charge in [0.05, 0.1) is 25.4 Å². The van der Waals surface area contributed by atoms with Crippen molar-refractivity contribution in [3.8, 4) is 0 Å². The Hall–Kier alpha value is -1.33. The third-order valence-corrected chi connectivity index (χ3v) is 9.11. The highest BCUT2D eigenvalue weighted by Crippen LogP contribution is 2.42. The summed E-state index contributed by atoms with van der Waals surface area (Å²) in [6, 6.07) is 3.72. The molecule has 2 saturated carbocycles. The summed E-state index contributed by atoms with van der Waals surface area (Å²) in [7, 11) is 0. The number of epoxide rings is 1. The Kier molecular flexibility index (Phi) is 7.70. The molecule has 3 fully saturated rings. The molecule has 0 radical (unpaired) electrons. The molecule has 3 atom stereocenters. The zero-order valence-electron chi connectivity index (χ0n) is 20.4. The fraction of sp³-hybridized carbons (Fsp3) is 0.724. The van der Waals surface area contributed by atoms with Crippen LogP contribution in [-0.4, -0.2) is 25.4 Å². The Morgan fingerprint density at radius 2 is 1.35 bits per heavy atom. The second kappa shape index (κ2) is 10.7. The maximum Gasteiger partial charge on any atom is 0.162 e. The smallest absolute Gasteiger partial charge is 0.162 e. The van der Waals surface area contributed by atoms with Crippen molar-refractivity contribution in [1.29, 1.82) is 0 Å². The van der Waals surface area contributed by atoms with Crippen molar-refractivity contribution in [1.82, 2.24) is 0 Å². The molecule has 0 spiro atoms. The number of rotatable bonds is 7. The van der Waals surface area contributed by atoms with Crippen LogP contribution in [0.5, 0.6) is 0 Å². The lowest BCUT2D eigenvalue weighted by atomic mass is 9.76. The van der Waals surface area contributed by atoms with Crippen LogP contribution in [-0.2, 0) is 9.47 Å². The Bertz CT molecular complexity index is 864. The van der Waals surface area contributed by atoms with Crippen molar-refractivity contribution in [2.75, 3.05) is 13.2 Å². The normalized spacial score (nSPS) is 36.2. The second-order valence-corrected chi connectivity index (χ2v) is 11.2. The number of hydrogen-bond donors (Lipinski definition) is 0. The first-order valence-corrected chi connectivity index (χ1v) is 13.6. The first-order chi connectivity index (χ1) is 16.5. The fourth-order valence-electron chi connectivity index (χ4n) is 6.64. The van der Waals surface area contributed by atoms with Gasteiger partial charge < -0.3 is 9.47 Å². The summed E-state index contributed by atoms with van der Waals surface area (Å²) in [5.41, 5.74) is 1.13. The summed E-state index contributed by atoms with van der Waals surface area (Å²) >= 11 is 0. The van der Waals surface area contributed by atoms with Crippen molar-refractivity contribution in [2.45, 2.75) is 102 Å². The van der Waals surface area contributed by atoms with Crippen molar-refractivity contribution < 1.29 is 22.6 Å². The summed E-state index contributed by atoms with van der Waals surface area (Å²) in [5.74, 6) is -0.0176. The van der Waals surface area contributed by atoms with Crippen molar-refractivity contribution in [3.05, 3.63) is 46.8 Å². The quantitative estimate of drug-likeness (QED) is 0.372. The molecule has 1 aliphatic heterocycles. The summed E-state index contributed by atoms with van der Waals surface area (Å²) in [6.45, 7) is 3.50. The van der Waals surface area contributed by atoms with E-state index in [0.29, 0.717) is 30.3 Å². The summed E-state index contributed by atoms with van der Waals surface area (Å²) in [5, 5.41) is 0. The van der Waals surface area contributed by atoms with Crippen molar-refractivity contribution >= 4 is 0 Å². The molecule has 0 N–H and O–H groups in total. The van der Waals surface area contributed by atoms with E-state index in [9.17, 15) is 4.39 Å². The Morgan fingerprint density at radius 1 is 0.794 bits per heavy atom. The Labute approximate surface area is 202 Å². The molecule has 1 saturated heterocycles. The highest BCUT2D eigenvalue weighted by molar-refractivity contribution is 5.32. The van der Waals surface area contributed by atoms with E-state index in [1.807, 2.05) is 12.1 Å². The van der Waals surface area contributed by atoms with Crippen LogP contribution in [0.3, 0.4) is 0 Å². The first kappa shape index (κ1) is 24.4. The second-order valence-electron chi connectivity index (χ2n) is 11.2. The molecule has 5 rings (SSSR count). The van der Waals surface area contributed by atoms with Crippen LogP contribution < -0.4 is 0 Å². The highest BCUT2D eigenvalue weighted by Gasteiger charge is 2.38. The van der Waals surface area contributed by atoms with Gasteiger partial charge >= 0.3 is 0 Å². The molecule has 0 amide bonds. The molecular formula is C29H39F3O2. The van der Waals surface area contributed by atoms with Gasteiger partial charge in [0.25, 0.3) is 0 Å². The molecule has 0 bridgehead atoms. The topological polar surface area (TPSA) is 21.8 Å². The van der Waals surface area contributed by atoms with E-state index in [1.165, 1.54) is 6.42 Å². The maximum atomic E-state index is 15.1. The third-order valence-electron chi connectivity index (χ3n) is 9.11. The van der Waals surface area contributed by atoms with Gasteiger partial charge in [-0.05, 0) is 105 Å². The van der Waals surface area contributed by atoms with Gasteiger partial charge in [-0.25, -0.2) is 13.2 Å². The van der Waals surface area contributed by atoms with Crippen molar-refractivity contribution in [3.63, 3.8) is 0 Å². The predicted molar refractivity (Wildman–Crippen MR) is 127 cm³/mol. The van der Waals surface area contributed by atoms with E-state index < -0.39 is 11.6 Å². The van der Waals surface area contributed by atoms with E-state index in [4.69, 9.17) is 9.47 Å². The van der Waals surface area contributed by atoms with Gasteiger partial charge in [-0.2, -0.15) is 0 Å². The summed E-state index contributed by atoms with van der Waals surface area (Å²) in [6.07, 6.45) is 12.1. The largest absolute Gasteiger partial charge is 0.374 e. The summed E-state index contributed by atoms with van der Waals surface area (Å²) < 4.78 is 55.7. The predicted octanol–water partition coefficient (Wildman–Crippen LogP) is 7.97. The van der Waals surface area contributed by atoms with Gasteiger partial charge in [0.15, 0.2) is 11.6 Å². The van der Waals surface area contributed by atoms with Gasteiger partial charge in [0.2, 0.25) is 0 Å². The van der Waals surface area contributed by atoms with Gasteiger partial charge in [0, 0.05) is 5.92 Å². The van der Waals surface area contributed by atoms with Crippen LogP contribution in [0.2, 0.25) is 0 Å². The minimum atomic E-state index is -0.619.